The van der Waals surface area contributed by atoms with Gasteiger partial charge in [0.25, 0.3) is 0 Å². The Labute approximate surface area is 142 Å². The van der Waals surface area contributed by atoms with E-state index in [-0.39, 0.29) is 12.3 Å². The van der Waals surface area contributed by atoms with Gasteiger partial charge >= 0.3 is 18.1 Å². The number of aromatic nitrogens is 1. The van der Waals surface area contributed by atoms with Crippen molar-refractivity contribution in [3.8, 4) is 0 Å². The summed E-state index contributed by atoms with van der Waals surface area (Å²) in [5.41, 5.74) is -0.0879. The summed E-state index contributed by atoms with van der Waals surface area (Å²) in [4.78, 5) is 30.6. The van der Waals surface area contributed by atoms with Gasteiger partial charge in [-0.15, -0.1) is 11.3 Å². The molecule has 1 heterocycles. The number of nitrogens with zero attached hydrogens (tertiary/aromatic N) is 2. The summed E-state index contributed by atoms with van der Waals surface area (Å²) in [5.74, 6) is -3.69. The summed E-state index contributed by atoms with van der Waals surface area (Å²) >= 11 is 0.627. The SMILES string of the molecule is O=C(O)C(=NOCc1ccccc1)c1csc(NC(=O)C(F)(F)F)n1. The highest BCUT2D eigenvalue weighted by Crippen LogP contribution is 2.21. The normalized spacial score (nSPS) is 11.9. The molecule has 1 aromatic carbocycles. The lowest BCUT2D eigenvalue weighted by atomic mass is 10.2. The fourth-order valence-corrected chi connectivity index (χ4v) is 2.24. The molecule has 0 saturated heterocycles. The number of thiazole rings is 1. The van der Waals surface area contributed by atoms with Crippen LogP contribution in [0.25, 0.3) is 0 Å². The molecule has 0 bridgehead atoms. The van der Waals surface area contributed by atoms with Gasteiger partial charge in [0.05, 0.1) is 0 Å². The number of amides is 1. The smallest absolute Gasteiger partial charge is 0.471 e. The number of halogens is 3. The zero-order valence-corrected chi connectivity index (χ0v) is 13.1. The lowest BCUT2D eigenvalue weighted by Crippen LogP contribution is -2.29. The van der Waals surface area contributed by atoms with Gasteiger partial charge in [-0.25, -0.2) is 9.78 Å². The molecule has 1 aromatic heterocycles. The summed E-state index contributed by atoms with van der Waals surface area (Å²) in [6.07, 6.45) is -5.08. The van der Waals surface area contributed by atoms with Gasteiger partial charge in [-0.05, 0) is 5.56 Å². The molecule has 0 aliphatic heterocycles. The third-order valence-electron chi connectivity index (χ3n) is 2.66. The van der Waals surface area contributed by atoms with E-state index in [0.717, 1.165) is 10.9 Å². The highest BCUT2D eigenvalue weighted by Gasteiger charge is 2.39. The molecular weight excluding hydrogens is 363 g/mol. The highest BCUT2D eigenvalue weighted by atomic mass is 32.1. The molecule has 25 heavy (non-hydrogen) atoms. The number of rotatable bonds is 6. The molecule has 7 nitrogen and oxygen atoms in total. The fourth-order valence-electron chi connectivity index (χ4n) is 1.55. The summed E-state index contributed by atoms with van der Waals surface area (Å²) in [6, 6.07) is 8.79. The van der Waals surface area contributed by atoms with Crippen LogP contribution in [0.1, 0.15) is 11.3 Å². The van der Waals surface area contributed by atoms with Gasteiger partial charge in [-0.3, -0.25) is 10.1 Å². The van der Waals surface area contributed by atoms with Gasteiger partial charge in [0, 0.05) is 5.38 Å². The number of carboxylic acid groups (broad SMARTS) is 1. The zero-order chi connectivity index (χ0) is 18.4. The Morgan fingerprint density at radius 2 is 1.96 bits per heavy atom. The fraction of sp³-hybridized carbons (Fsp3) is 0.143. The molecule has 0 aliphatic carbocycles. The minimum atomic E-state index is -5.08. The average molecular weight is 373 g/mol. The topological polar surface area (TPSA) is 101 Å². The third kappa shape index (κ3) is 5.28. The van der Waals surface area contributed by atoms with Crippen molar-refractivity contribution in [2.75, 3.05) is 5.32 Å². The van der Waals surface area contributed by atoms with Gasteiger partial charge in [-0.2, -0.15) is 13.2 Å². The van der Waals surface area contributed by atoms with E-state index in [4.69, 9.17) is 9.94 Å². The molecule has 2 rings (SSSR count). The number of alkyl halides is 3. The number of nitrogens with one attached hydrogen (secondary N) is 1. The molecule has 1 amide bonds. The quantitative estimate of drug-likeness (QED) is 0.599. The van der Waals surface area contributed by atoms with Crippen LogP contribution in [0, 0.1) is 0 Å². The summed E-state index contributed by atoms with van der Waals surface area (Å²) in [6.45, 7) is -0.000571. The number of carbonyl (C=O) groups is 2. The Balaban J connectivity index is 2.09. The van der Waals surface area contributed by atoms with Gasteiger partial charge in [0.2, 0.25) is 5.71 Å². The Morgan fingerprint density at radius 1 is 1.28 bits per heavy atom. The first-order chi connectivity index (χ1) is 11.8. The molecular formula is C14H10F3N3O4S. The first-order valence-electron chi connectivity index (χ1n) is 6.58. The van der Waals surface area contributed by atoms with E-state index in [0.29, 0.717) is 11.3 Å². The molecule has 0 radical (unpaired) electrons. The van der Waals surface area contributed by atoms with Crippen molar-refractivity contribution in [2.24, 2.45) is 5.16 Å². The predicted molar refractivity (Wildman–Crippen MR) is 82.2 cm³/mol. The number of carbonyl (C=O) groups excluding carboxylic acids is 1. The predicted octanol–water partition coefficient (Wildman–Crippen LogP) is 2.65. The Kier molecular flexibility index (Phi) is 5.70. The summed E-state index contributed by atoms with van der Waals surface area (Å²) < 4.78 is 36.5. The largest absolute Gasteiger partial charge is 0.476 e. The maximum absolute atomic E-state index is 12.2. The van der Waals surface area contributed by atoms with E-state index in [1.165, 1.54) is 5.32 Å². The average Bonchev–Trinajstić information content (AvgIpc) is 2.99. The van der Waals surface area contributed by atoms with Crippen LogP contribution in [0.2, 0.25) is 0 Å². The Bertz CT molecular complexity index is 790. The van der Waals surface area contributed by atoms with E-state index in [1.807, 2.05) is 0 Å². The molecule has 0 spiro atoms. The first-order valence-corrected chi connectivity index (χ1v) is 7.46. The number of hydrogen-bond donors (Lipinski definition) is 2. The monoisotopic (exact) mass is 373 g/mol. The highest BCUT2D eigenvalue weighted by molar-refractivity contribution is 7.14. The minimum Gasteiger partial charge on any atom is -0.476 e. The van der Waals surface area contributed by atoms with Crippen molar-refractivity contribution in [3.05, 3.63) is 47.0 Å². The number of oxime groups is 1. The van der Waals surface area contributed by atoms with Crippen LogP contribution < -0.4 is 5.32 Å². The van der Waals surface area contributed by atoms with Crippen LogP contribution in [-0.2, 0) is 21.0 Å². The number of carboxylic acids is 1. The number of benzene rings is 1. The minimum absolute atomic E-state index is 0.000571. The molecule has 0 saturated carbocycles. The van der Waals surface area contributed by atoms with Gasteiger partial charge in [0.15, 0.2) is 5.13 Å². The van der Waals surface area contributed by atoms with Crippen LogP contribution in [0.15, 0.2) is 40.9 Å². The Morgan fingerprint density at radius 3 is 2.56 bits per heavy atom. The lowest BCUT2D eigenvalue weighted by Gasteiger charge is -2.04. The second kappa shape index (κ2) is 7.75. The molecule has 2 N–H and O–H groups in total. The van der Waals surface area contributed by atoms with Gasteiger partial charge in [0.1, 0.15) is 12.3 Å². The van der Waals surface area contributed by atoms with E-state index < -0.39 is 28.9 Å². The zero-order valence-electron chi connectivity index (χ0n) is 12.3. The molecule has 0 atom stereocenters. The van der Waals surface area contributed by atoms with Crippen molar-refractivity contribution in [1.29, 1.82) is 0 Å². The molecule has 0 aliphatic rings. The van der Waals surface area contributed by atoms with Crippen LogP contribution in [0.3, 0.4) is 0 Å². The third-order valence-corrected chi connectivity index (χ3v) is 3.41. The Hall–Kier alpha value is -2.95. The maximum atomic E-state index is 12.2. The van der Waals surface area contributed by atoms with E-state index in [2.05, 4.69) is 10.1 Å². The van der Waals surface area contributed by atoms with Crippen molar-refractivity contribution in [3.63, 3.8) is 0 Å². The van der Waals surface area contributed by atoms with E-state index in [1.54, 1.807) is 30.3 Å². The van der Waals surface area contributed by atoms with Crippen molar-refractivity contribution >= 4 is 34.1 Å². The van der Waals surface area contributed by atoms with Crippen LogP contribution >= 0.6 is 11.3 Å². The maximum Gasteiger partial charge on any atom is 0.471 e. The van der Waals surface area contributed by atoms with Crippen molar-refractivity contribution in [2.45, 2.75) is 12.8 Å². The molecule has 2 aromatic rings. The van der Waals surface area contributed by atoms with Crippen LogP contribution in [0.4, 0.5) is 18.3 Å². The van der Waals surface area contributed by atoms with Gasteiger partial charge in [-0.1, -0.05) is 35.5 Å². The summed E-state index contributed by atoms with van der Waals surface area (Å²) in [5, 5.41) is 14.9. The van der Waals surface area contributed by atoms with Crippen molar-refractivity contribution < 1.29 is 32.7 Å². The molecule has 0 fully saturated rings. The van der Waals surface area contributed by atoms with Crippen molar-refractivity contribution in [1.82, 2.24) is 4.98 Å². The second-order valence-electron chi connectivity index (χ2n) is 4.49. The van der Waals surface area contributed by atoms with Crippen LogP contribution in [0.5, 0.6) is 0 Å². The van der Waals surface area contributed by atoms with Gasteiger partial charge < -0.3 is 9.94 Å². The lowest BCUT2D eigenvalue weighted by molar-refractivity contribution is -0.167. The van der Waals surface area contributed by atoms with Crippen LogP contribution in [-0.4, -0.2) is 33.9 Å². The summed E-state index contributed by atoms with van der Waals surface area (Å²) in [7, 11) is 0. The second-order valence-corrected chi connectivity index (χ2v) is 5.35. The number of anilines is 1. The van der Waals surface area contributed by atoms with E-state index in [9.17, 15) is 22.8 Å². The standard InChI is InChI=1S/C14H10F3N3O4S/c15-14(16,17)12(23)19-13-18-9(7-25-13)10(11(21)22)20-24-6-8-4-2-1-3-5-8/h1-5,7H,6H2,(H,21,22)(H,18,19,23). The number of aliphatic carboxylic acids is 1. The molecule has 0 unspecified atom stereocenters. The molecule has 11 heteroatoms. The van der Waals surface area contributed by atoms with E-state index >= 15 is 0 Å². The molecule has 132 valence electrons. The number of hydrogen-bond acceptors (Lipinski definition) is 6. The first kappa shape index (κ1) is 18.4.